The van der Waals surface area contributed by atoms with Gasteiger partial charge in [-0.2, -0.15) is 0 Å². The van der Waals surface area contributed by atoms with Crippen LogP contribution in [0.15, 0.2) is 71.6 Å². The van der Waals surface area contributed by atoms with E-state index in [0.29, 0.717) is 27.8 Å². The van der Waals surface area contributed by atoms with Crippen LogP contribution < -0.4 is 21.3 Å². The maximum Gasteiger partial charge on any atom is 0.323 e. The van der Waals surface area contributed by atoms with Crippen molar-refractivity contribution in [1.82, 2.24) is 0 Å². The Labute approximate surface area is 200 Å². The number of hydrogen-bond donors (Lipinski definition) is 4. The molecular weight excluding hydrogens is 460 g/mol. The van der Waals surface area contributed by atoms with Gasteiger partial charge in [-0.15, -0.1) is 11.8 Å². The van der Waals surface area contributed by atoms with Gasteiger partial charge in [-0.3, -0.25) is 9.59 Å². The number of halogens is 1. The Bertz CT molecular complexity index is 1220. The summed E-state index contributed by atoms with van der Waals surface area (Å²) in [5.41, 5.74) is 3.24. The van der Waals surface area contributed by atoms with E-state index in [9.17, 15) is 14.4 Å². The molecule has 0 radical (unpaired) electrons. The lowest BCUT2D eigenvalue weighted by Crippen LogP contribution is -2.32. The summed E-state index contributed by atoms with van der Waals surface area (Å²) in [4.78, 5) is 38.3. The molecule has 4 N–H and O–H groups in total. The highest BCUT2D eigenvalue weighted by Gasteiger charge is 2.29. The molecule has 0 saturated carbocycles. The summed E-state index contributed by atoms with van der Waals surface area (Å²) in [6.45, 7) is 1.85. The monoisotopic (exact) mass is 480 g/mol. The lowest BCUT2D eigenvalue weighted by molar-refractivity contribution is -0.120. The first-order valence-corrected chi connectivity index (χ1v) is 11.4. The zero-order valence-corrected chi connectivity index (χ0v) is 19.2. The first kappa shape index (κ1) is 22.7. The van der Waals surface area contributed by atoms with Crippen molar-refractivity contribution in [1.29, 1.82) is 0 Å². The zero-order chi connectivity index (χ0) is 23.4. The van der Waals surface area contributed by atoms with Crippen LogP contribution in [0, 0.1) is 6.92 Å². The van der Waals surface area contributed by atoms with Gasteiger partial charge in [-0.25, -0.2) is 4.79 Å². The number of anilines is 4. The lowest BCUT2D eigenvalue weighted by atomic mass is 10.1. The van der Waals surface area contributed by atoms with Crippen LogP contribution in [0.4, 0.5) is 27.5 Å². The Kier molecular flexibility index (Phi) is 6.86. The highest BCUT2D eigenvalue weighted by Crippen LogP contribution is 2.38. The SMILES string of the molecule is Cc1ccc(NC(=O)Nc2ccccc2)cc1NC(=O)CC1Sc2ccc(Cl)cc2NC1=O. The van der Waals surface area contributed by atoms with Crippen LogP contribution in [0.1, 0.15) is 12.0 Å². The van der Waals surface area contributed by atoms with Crippen LogP contribution in [0.5, 0.6) is 0 Å². The quantitative estimate of drug-likeness (QED) is 0.374. The van der Waals surface area contributed by atoms with Crippen molar-refractivity contribution in [3.05, 3.63) is 77.3 Å². The van der Waals surface area contributed by atoms with E-state index < -0.39 is 11.3 Å². The van der Waals surface area contributed by atoms with E-state index in [1.54, 1.807) is 42.5 Å². The number of thioether (sulfide) groups is 1. The first-order chi connectivity index (χ1) is 15.9. The molecule has 0 saturated heterocycles. The molecule has 0 spiro atoms. The Morgan fingerprint density at radius 3 is 2.52 bits per heavy atom. The molecule has 3 aromatic rings. The normalized spacial score (nSPS) is 14.6. The third-order valence-electron chi connectivity index (χ3n) is 4.93. The number of amides is 4. The van der Waals surface area contributed by atoms with Crippen molar-refractivity contribution >= 4 is 64.0 Å². The molecule has 0 bridgehead atoms. The van der Waals surface area contributed by atoms with Crippen LogP contribution >= 0.6 is 23.4 Å². The van der Waals surface area contributed by atoms with Gasteiger partial charge < -0.3 is 21.3 Å². The number of fused-ring (bicyclic) bond motifs is 1. The van der Waals surface area contributed by atoms with Crippen LogP contribution in [0.2, 0.25) is 5.02 Å². The Morgan fingerprint density at radius 1 is 0.970 bits per heavy atom. The number of benzene rings is 3. The van der Waals surface area contributed by atoms with E-state index >= 15 is 0 Å². The second-order valence-corrected chi connectivity index (χ2v) is 9.14. The minimum Gasteiger partial charge on any atom is -0.326 e. The molecule has 1 heterocycles. The third kappa shape index (κ3) is 5.85. The number of hydrogen-bond acceptors (Lipinski definition) is 4. The van der Waals surface area contributed by atoms with E-state index in [4.69, 9.17) is 11.6 Å². The van der Waals surface area contributed by atoms with Crippen molar-refractivity contribution < 1.29 is 14.4 Å². The number of urea groups is 1. The average Bonchev–Trinajstić information content (AvgIpc) is 2.77. The molecule has 3 aromatic carbocycles. The van der Waals surface area contributed by atoms with Gasteiger partial charge >= 0.3 is 6.03 Å². The van der Waals surface area contributed by atoms with Crippen LogP contribution in [0.3, 0.4) is 0 Å². The molecule has 9 heteroatoms. The minimum atomic E-state index is -0.558. The topological polar surface area (TPSA) is 99.3 Å². The van der Waals surface area contributed by atoms with Gasteiger partial charge in [0.2, 0.25) is 11.8 Å². The minimum absolute atomic E-state index is 0.00412. The van der Waals surface area contributed by atoms with Crippen LogP contribution in [-0.2, 0) is 9.59 Å². The second-order valence-electron chi connectivity index (χ2n) is 7.46. The summed E-state index contributed by atoms with van der Waals surface area (Å²) < 4.78 is 0. The van der Waals surface area contributed by atoms with Gasteiger partial charge in [-0.1, -0.05) is 35.9 Å². The molecule has 7 nitrogen and oxygen atoms in total. The van der Waals surface area contributed by atoms with Crippen molar-refractivity contribution in [2.24, 2.45) is 0 Å². The third-order valence-corrected chi connectivity index (χ3v) is 6.44. The van der Waals surface area contributed by atoms with Crippen molar-refractivity contribution in [2.75, 3.05) is 21.3 Å². The van der Waals surface area contributed by atoms with Gasteiger partial charge in [-0.05, 0) is 55.0 Å². The predicted molar refractivity (Wildman–Crippen MR) is 133 cm³/mol. The number of aryl methyl sites for hydroxylation is 1. The van der Waals surface area contributed by atoms with Crippen LogP contribution in [-0.4, -0.2) is 23.1 Å². The highest BCUT2D eigenvalue weighted by atomic mass is 35.5. The molecule has 168 valence electrons. The van der Waals surface area contributed by atoms with Crippen molar-refractivity contribution in [3.8, 4) is 0 Å². The molecular formula is C24H21ClN4O3S. The van der Waals surface area contributed by atoms with Gasteiger partial charge in [0, 0.05) is 33.4 Å². The fourth-order valence-corrected chi connectivity index (χ4v) is 4.54. The molecule has 0 aromatic heterocycles. The fraction of sp³-hybridized carbons (Fsp3) is 0.125. The standard InChI is InChI=1S/C24H21ClN4O3S/c1-14-7-9-17(27-24(32)26-16-5-3-2-4-6-16)12-18(14)28-22(30)13-21-23(31)29-19-11-15(25)8-10-20(19)33-21/h2-12,21H,13H2,1H3,(H,28,30)(H,29,31)(H2,26,27,32). The number of carbonyl (C=O) groups excluding carboxylic acids is 3. The number of nitrogens with one attached hydrogen (secondary N) is 4. The summed E-state index contributed by atoms with van der Waals surface area (Å²) >= 11 is 7.31. The summed E-state index contributed by atoms with van der Waals surface area (Å²) in [6.07, 6.45) is 0.00412. The largest absolute Gasteiger partial charge is 0.326 e. The van der Waals surface area contributed by atoms with Gasteiger partial charge in [0.25, 0.3) is 0 Å². The molecule has 0 aliphatic carbocycles. The molecule has 33 heavy (non-hydrogen) atoms. The maximum absolute atomic E-state index is 12.7. The second kappa shape index (κ2) is 9.97. The Balaban J connectivity index is 1.38. The molecule has 1 unspecified atom stereocenters. The summed E-state index contributed by atoms with van der Waals surface area (Å²) in [7, 11) is 0. The highest BCUT2D eigenvalue weighted by molar-refractivity contribution is 8.01. The van der Waals surface area contributed by atoms with E-state index in [1.807, 2.05) is 31.2 Å². The number of rotatable bonds is 5. The fourth-order valence-electron chi connectivity index (χ4n) is 3.28. The smallest absolute Gasteiger partial charge is 0.323 e. The van der Waals surface area contributed by atoms with Gasteiger partial charge in [0.15, 0.2) is 0 Å². The maximum atomic E-state index is 12.7. The van der Waals surface area contributed by atoms with Crippen molar-refractivity contribution in [3.63, 3.8) is 0 Å². The lowest BCUT2D eigenvalue weighted by Gasteiger charge is -2.24. The number of carbonyl (C=O) groups is 3. The summed E-state index contributed by atoms with van der Waals surface area (Å²) in [5.74, 6) is -0.538. The molecule has 1 atom stereocenters. The van der Waals surface area contributed by atoms with Gasteiger partial charge in [0.1, 0.15) is 0 Å². The Hall–Kier alpha value is -3.49. The zero-order valence-electron chi connectivity index (χ0n) is 17.6. The summed E-state index contributed by atoms with van der Waals surface area (Å²) in [5, 5.41) is 11.1. The van der Waals surface area contributed by atoms with E-state index in [2.05, 4.69) is 21.3 Å². The molecule has 0 fully saturated rings. The summed E-state index contributed by atoms with van der Waals surface area (Å²) in [6, 6.07) is 19.2. The van der Waals surface area contributed by atoms with E-state index in [1.165, 1.54) is 11.8 Å². The Morgan fingerprint density at radius 2 is 1.73 bits per heavy atom. The molecule has 1 aliphatic heterocycles. The number of para-hydroxylation sites is 1. The van der Waals surface area contributed by atoms with E-state index in [0.717, 1.165) is 10.5 Å². The predicted octanol–water partition coefficient (Wildman–Crippen LogP) is 5.73. The average molecular weight is 481 g/mol. The van der Waals surface area contributed by atoms with Crippen LogP contribution in [0.25, 0.3) is 0 Å². The first-order valence-electron chi connectivity index (χ1n) is 10.2. The van der Waals surface area contributed by atoms with E-state index in [-0.39, 0.29) is 18.2 Å². The molecule has 4 rings (SSSR count). The molecule has 1 aliphatic rings. The molecule has 4 amide bonds. The van der Waals surface area contributed by atoms with Gasteiger partial charge in [0.05, 0.1) is 10.9 Å². The van der Waals surface area contributed by atoms with Crippen molar-refractivity contribution in [2.45, 2.75) is 23.5 Å².